The molecule has 1 unspecified atom stereocenters. The minimum Gasteiger partial charge on any atom is -0.370 e. The summed E-state index contributed by atoms with van der Waals surface area (Å²) in [4.78, 5) is 48.5. The van der Waals surface area contributed by atoms with Crippen LogP contribution in [0, 0.1) is 0 Å². The topological polar surface area (TPSA) is 146 Å². The molecule has 0 spiro atoms. The molecule has 0 aliphatic carbocycles. The van der Waals surface area contributed by atoms with Gasteiger partial charge in [0.15, 0.2) is 11.1 Å². The third-order valence-corrected chi connectivity index (χ3v) is 6.56. The molecule has 5 N–H and O–H groups in total. The molecule has 0 radical (unpaired) electrons. The Labute approximate surface area is 191 Å². The lowest BCUT2D eigenvalue weighted by molar-refractivity contribution is -0.138. The first-order chi connectivity index (χ1) is 15.2. The van der Waals surface area contributed by atoms with E-state index in [1.807, 2.05) is 24.3 Å². The highest BCUT2D eigenvalue weighted by Crippen LogP contribution is 2.31. The maximum atomic E-state index is 13.3. The first-order valence-electron chi connectivity index (χ1n) is 10.5. The maximum Gasteiger partial charge on any atom is 0.238 e. The highest BCUT2D eigenvalue weighted by Gasteiger charge is 2.39. The van der Waals surface area contributed by atoms with Crippen molar-refractivity contribution in [1.82, 2.24) is 15.1 Å². The van der Waals surface area contributed by atoms with Crippen molar-refractivity contribution < 1.29 is 14.4 Å². The molecule has 2 aliphatic rings. The number of thioether (sulfide) groups is 1. The number of carbonyl (C=O) groups excluding carboxylic acids is 3. The van der Waals surface area contributed by atoms with Crippen molar-refractivity contribution in [1.29, 1.82) is 0 Å². The van der Waals surface area contributed by atoms with Crippen LogP contribution in [0.5, 0.6) is 0 Å². The number of aliphatic imine (C=N–C) groups is 2. The molecule has 0 bridgehead atoms. The molecule has 3 rings (SSSR count). The Morgan fingerprint density at radius 1 is 1.09 bits per heavy atom. The smallest absolute Gasteiger partial charge is 0.238 e. The first kappa shape index (κ1) is 23.6. The van der Waals surface area contributed by atoms with E-state index in [2.05, 4.69) is 15.3 Å². The van der Waals surface area contributed by atoms with E-state index in [4.69, 9.17) is 11.5 Å². The van der Waals surface area contributed by atoms with Crippen molar-refractivity contribution in [2.45, 2.75) is 38.0 Å². The van der Waals surface area contributed by atoms with E-state index < -0.39 is 5.25 Å². The van der Waals surface area contributed by atoms with E-state index in [-0.39, 0.29) is 29.7 Å². The molecule has 1 saturated heterocycles. The van der Waals surface area contributed by atoms with Gasteiger partial charge in [-0.3, -0.25) is 19.4 Å². The summed E-state index contributed by atoms with van der Waals surface area (Å²) in [6.07, 6.45) is 1.37. The number of amidine groups is 1. The highest BCUT2D eigenvalue weighted by atomic mass is 32.2. The van der Waals surface area contributed by atoms with Gasteiger partial charge in [0.25, 0.3) is 0 Å². The summed E-state index contributed by atoms with van der Waals surface area (Å²) < 4.78 is 0. The SMILES string of the molecule is CC(=O)NC1=NC(CCc2ccc(N=C(N)N)cc2)[C@H](C(=O)N2CCN(C(C)=O)CC2)S1. The summed E-state index contributed by atoms with van der Waals surface area (Å²) in [6, 6.07) is 7.31. The average molecular weight is 460 g/mol. The van der Waals surface area contributed by atoms with E-state index in [0.717, 1.165) is 5.56 Å². The van der Waals surface area contributed by atoms with Crippen molar-refractivity contribution >= 4 is 46.3 Å². The molecule has 1 aromatic rings. The van der Waals surface area contributed by atoms with Crippen LogP contribution < -0.4 is 16.8 Å². The van der Waals surface area contributed by atoms with Gasteiger partial charge >= 0.3 is 0 Å². The normalized spacial score (nSPS) is 20.5. The first-order valence-corrected chi connectivity index (χ1v) is 11.4. The van der Waals surface area contributed by atoms with Crippen molar-refractivity contribution in [2.75, 3.05) is 26.2 Å². The van der Waals surface area contributed by atoms with Crippen molar-refractivity contribution in [3.63, 3.8) is 0 Å². The van der Waals surface area contributed by atoms with Crippen LogP contribution in [0.3, 0.4) is 0 Å². The van der Waals surface area contributed by atoms with Gasteiger partial charge in [-0.2, -0.15) is 0 Å². The molecule has 2 aliphatic heterocycles. The zero-order valence-corrected chi connectivity index (χ0v) is 19.1. The molecule has 1 aromatic carbocycles. The van der Waals surface area contributed by atoms with Gasteiger partial charge in [0.05, 0.1) is 11.7 Å². The molecule has 0 saturated carbocycles. The zero-order chi connectivity index (χ0) is 23.3. The van der Waals surface area contributed by atoms with E-state index in [1.165, 1.54) is 25.6 Å². The maximum absolute atomic E-state index is 13.3. The molecule has 11 heteroatoms. The van der Waals surface area contributed by atoms with Crippen LogP contribution in [0.15, 0.2) is 34.3 Å². The monoisotopic (exact) mass is 459 g/mol. The number of rotatable bonds is 5. The third-order valence-electron chi connectivity index (χ3n) is 5.36. The van der Waals surface area contributed by atoms with Gasteiger partial charge in [-0.05, 0) is 30.5 Å². The van der Waals surface area contributed by atoms with Crippen LogP contribution in [0.2, 0.25) is 0 Å². The number of aryl methyl sites for hydroxylation is 1. The summed E-state index contributed by atoms with van der Waals surface area (Å²) in [5.74, 6) is -0.192. The predicted molar refractivity (Wildman–Crippen MR) is 125 cm³/mol. The second kappa shape index (κ2) is 10.5. The molecule has 10 nitrogen and oxygen atoms in total. The second-order valence-corrected chi connectivity index (χ2v) is 8.92. The lowest BCUT2D eigenvalue weighted by Crippen LogP contribution is -2.53. The Morgan fingerprint density at radius 3 is 2.28 bits per heavy atom. The molecule has 1 fully saturated rings. The summed E-state index contributed by atoms with van der Waals surface area (Å²) in [5.41, 5.74) is 12.6. The molecule has 2 heterocycles. The molecule has 2 atom stereocenters. The van der Waals surface area contributed by atoms with Gasteiger partial charge in [0.1, 0.15) is 5.25 Å². The van der Waals surface area contributed by atoms with Crippen LogP contribution >= 0.6 is 11.8 Å². The van der Waals surface area contributed by atoms with Crippen LogP contribution in [0.4, 0.5) is 5.69 Å². The lowest BCUT2D eigenvalue weighted by Gasteiger charge is -2.36. The Kier molecular flexibility index (Phi) is 7.73. The van der Waals surface area contributed by atoms with Gasteiger partial charge < -0.3 is 26.6 Å². The number of carbonyl (C=O) groups is 3. The van der Waals surface area contributed by atoms with Gasteiger partial charge in [-0.1, -0.05) is 23.9 Å². The zero-order valence-electron chi connectivity index (χ0n) is 18.3. The number of amides is 3. The Balaban J connectivity index is 1.65. The quantitative estimate of drug-likeness (QED) is 0.423. The fraction of sp³-hybridized carbons (Fsp3) is 0.476. The number of guanidine groups is 1. The fourth-order valence-corrected chi connectivity index (χ4v) is 4.96. The van der Waals surface area contributed by atoms with Gasteiger partial charge in [0.2, 0.25) is 17.7 Å². The molecule has 3 amide bonds. The number of nitrogens with one attached hydrogen (secondary N) is 1. The van der Waals surface area contributed by atoms with Crippen molar-refractivity contribution in [2.24, 2.45) is 21.5 Å². The minimum atomic E-state index is -0.401. The summed E-state index contributed by atoms with van der Waals surface area (Å²) in [7, 11) is 0. The average Bonchev–Trinajstić information content (AvgIpc) is 3.14. The van der Waals surface area contributed by atoms with Gasteiger partial charge in [0, 0.05) is 40.0 Å². The lowest BCUT2D eigenvalue weighted by atomic mass is 10.0. The molecule has 32 heavy (non-hydrogen) atoms. The van der Waals surface area contributed by atoms with E-state index in [0.29, 0.717) is 49.9 Å². The van der Waals surface area contributed by atoms with E-state index in [1.54, 1.807) is 9.80 Å². The van der Waals surface area contributed by atoms with Crippen LogP contribution in [-0.4, -0.2) is 76.1 Å². The summed E-state index contributed by atoms with van der Waals surface area (Å²) in [5, 5.41) is 2.79. The van der Waals surface area contributed by atoms with Gasteiger partial charge in [-0.15, -0.1) is 0 Å². The van der Waals surface area contributed by atoms with Gasteiger partial charge in [-0.25, -0.2) is 4.99 Å². The number of benzene rings is 1. The number of nitrogens with two attached hydrogens (primary N) is 2. The molecule has 0 aromatic heterocycles. The van der Waals surface area contributed by atoms with Crippen LogP contribution in [0.1, 0.15) is 25.8 Å². The number of hydrogen-bond donors (Lipinski definition) is 3. The highest BCUT2D eigenvalue weighted by molar-refractivity contribution is 8.15. The minimum absolute atomic E-state index is 0.00425. The molecular weight excluding hydrogens is 430 g/mol. The van der Waals surface area contributed by atoms with Crippen LogP contribution in [-0.2, 0) is 20.8 Å². The largest absolute Gasteiger partial charge is 0.370 e. The number of nitrogens with zero attached hydrogens (tertiary/aromatic N) is 4. The summed E-state index contributed by atoms with van der Waals surface area (Å²) in [6.45, 7) is 5.04. The Bertz CT molecular complexity index is 920. The van der Waals surface area contributed by atoms with E-state index in [9.17, 15) is 14.4 Å². The standard InChI is InChI=1S/C21H29N7O3S/c1-13(29)24-21-26-17(8-5-15-3-6-16(7-4-15)25-20(22)23)18(32-21)19(31)28-11-9-27(10-12-28)14(2)30/h3-4,6-7,17-18H,5,8-12H2,1-2H3,(H4,22,23,25)(H,24,26,29)/t17?,18-/m1/s1. The Morgan fingerprint density at radius 2 is 1.72 bits per heavy atom. The number of hydrogen-bond acceptors (Lipinski definition) is 6. The van der Waals surface area contributed by atoms with Crippen LogP contribution in [0.25, 0.3) is 0 Å². The molecule has 172 valence electrons. The van der Waals surface area contributed by atoms with Crippen molar-refractivity contribution in [3.05, 3.63) is 29.8 Å². The second-order valence-electron chi connectivity index (χ2n) is 7.79. The molecular formula is C21H29N7O3S. The van der Waals surface area contributed by atoms with Crippen molar-refractivity contribution in [3.8, 4) is 0 Å². The number of piperazine rings is 1. The third kappa shape index (κ3) is 6.22. The predicted octanol–water partition coefficient (Wildman–Crippen LogP) is 0.191. The van der Waals surface area contributed by atoms with E-state index >= 15 is 0 Å². The summed E-state index contributed by atoms with van der Waals surface area (Å²) >= 11 is 1.30. The fourth-order valence-electron chi connectivity index (χ4n) is 3.71. The Hall–Kier alpha value is -3.08.